The number of hydrogen-bond donors (Lipinski definition) is 1. The van der Waals surface area contributed by atoms with Crippen LogP contribution in [0.1, 0.15) is 33.6 Å². The Morgan fingerprint density at radius 3 is 2.47 bits per heavy atom. The van der Waals surface area contributed by atoms with Crippen LogP contribution in [0.5, 0.6) is 0 Å². The lowest BCUT2D eigenvalue weighted by Gasteiger charge is -2.22. The van der Waals surface area contributed by atoms with Crippen LogP contribution in [0.25, 0.3) is 0 Å². The maximum atomic E-state index is 11.9. The largest absolute Gasteiger partial charge is 0.468 e. The van der Waals surface area contributed by atoms with E-state index < -0.39 is 0 Å². The fraction of sp³-hybridized carbons (Fsp3) is 0.833. The van der Waals surface area contributed by atoms with Gasteiger partial charge < -0.3 is 15.0 Å². The first-order valence-electron chi connectivity index (χ1n) is 6.13. The molecule has 1 N–H and O–H groups in total. The van der Waals surface area contributed by atoms with Gasteiger partial charge in [0.25, 0.3) is 0 Å². The Balaban J connectivity index is 4.27. The fourth-order valence-electron chi connectivity index (χ4n) is 1.59. The van der Waals surface area contributed by atoms with Crippen LogP contribution < -0.4 is 5.32 Å². The molecule has 0 saturated heterocycles. The average Bonchev–Trinajstić information content (AvgIpc) is 2.28. The number of methoxy groups -OCH3 is 1. The summed E-state index contributed by atoms with van der Waals surface area (Å²) in [5.74, 6) is -0.381. The van der Waals surface area contributed by atoms with Gasteiger partial charge in [0, 0.05) is 19.0 Å². The standard InChI is InChI=1S/C12H24N2O3/c1-5-7-14(9-12(16)17-4)11(15)8-10(3)13-6-2/h10,13H,5-9H2,1-4H3. The summed E-state index contributed by atoms with van der Waals surface area (Å²) < 4.78 is 4.58. The highest BCUT2D eigenvalue weighted by Gasteiger charge is 2.18. The van der Waals surface area contributed by atoms with E-state index in [9.17, 15) is 9.59 Å². The molecular weight excluding hydrogens is 220 g/mol. The molecule has 0 spiro atoms. The maximum Gasteiger partial charge on any atom is 0.325 e. The SMILES string of the molecule is CCCN(CC(=O)OC)C(=O)CC(C)NCC. The highest BCUT2D eigenvalue weighted by Crippen LogP contribution is 2.01. The number of nitrogens with one attached hydrogen (secondary N) is 1. The van der Waals surface area contributed by atoms with Crippen molar-refractivity contribution in [1.82, 2.24) is 10.2 Å². The number of carbonyl (C=O) groups excluding carboxylic acids is 2. The summed E-state index contributed by atoms with van der Waals surface area (Å²) in [4.78, 5) is 24.7. The third-order valence-corrected chi connectivity index (χ3v) is 2.43. The number of rotatable bonds is 8. The van der Waals surface area contributed by atoms with Crippen LogP contribution in [0.4, 0.5) is 0 Å². The molecule has 1 atom stereocenters. The molecule has 0 aliphatic rings. The van der Waals surface area contributed by atoms with Gasteiger partial charge in [-0.25, -0.2) is 0 Å². The number of amides is 1. The molecule has 0 aromatic carbocycles. The minimum Gasteiger partial charge on any atom is -0.468 e. The third-order valence-electron chi connectivity index (χ3n) is 2.43. The van der Waals surface area contributed by atoms with Crippen molar-refractivity contribution in [3.63, 3.8) is 0 Å². The van der Waals surface area contributed by atoms with Gasteiger partial charge in [-0.05, 0) is 19.9 Å². The van der Waals surface area contributed by atoms with Crippen molar-refractivity contribution >= 4 is 11.9 Å². The van der Waals surface area contributed by atoms with Crippen LogP contribution in [-0.2, 0) is 14.3 Å². The molecule has 0 fully saturated rings. The zero-order valence-corrected chi connectivity index (χ0v) is 11.3. The summed E-state index contributed by atoms with van der Waals surface area (Å²) in [5.41, 5.74) is 0. The molecule has 0 aromatic rings. The van der Waals surface area contributed by atoms with Crippen molar-refractivity contribution < 1.29 is 14.3 Å². The first-order chi connectivity index (χ1) is 8.04. The molecule has 0 aliphatic heterocycles. The first kappa shape index (κ1) is 15.9. The number of nitrogens with zero attached hydrogens (tertiary/aromatic N) is 1. The third kappa shape index (κ3) is 6.94. The Morgan fingerprint density at radius 1 is 1.35 bits per heavy atom. The van der Waals surface area contributed by atoms with Crippen molar-refractivity contribution in [3.05, 3.63) is 0 Å². The van der Waals surface area contributed by atoms with Gasteiger partial charge in [0.15, 0.2) is 0 Å². The van der Waals surface area contributed by atoms with Gasteiger partial charge in [-0.3, -0.25) is 9.59 Å². The van der Waals surface area contributed by atoms with E-state index in [1.54, 1.807) is 4.90 Å². The van der Waals surface area contributed by atoms with E-state index in [4.69, 9.17) is 0 Å². The average molecular weight is 244 g/mol. The molecule has 0 rings (SSSR count). The van der Waals surface area contributed by atoms with Gasteiger partial charge in [0.1, 0.15) is 6.54 Å². The zero-order chi connectivity index (χ0) is 13.3. The number of hydrogen-bond acceptors (Lipinski definition) is 4. The second kappa shape index (κ2) is 8.98. The second-order valence-electron chi connectivity index (χ2n) is 4.05. The van der Waals surface area contributed by atoms with Crippen LogP contribution in [-0.4, -0.2) is 49.6 Å². The van der Waals surface area contributed by atoms with Gasteiger partial charge in [-0.1, -0.05) is 13.8 Å². The maximum absolute atomic E-state index is 11.9. The monoisotopic (exact) mass is 244 g/mol. The molecule has 1 unspecified atom stereocenters. The zero-order valence-electron chi connectivity index (χ0n) is 11.3. The molecule has 1 amide bonds. The summed E-state index contributed by atoms with van der Waals surface area (Å²) >= 11 is 0. The molecule has 0 bridgehead atoms. The summed E-state index contributed by atoms with van der Waals surface area (Å²) in [6.07, 6.45) is 1.24. The summed E-state index contributed by atoms with van der Waals surface area (Å²) in [5, 5.41) is 3.18. The molecule has 5 heteroatoms. The number of ether oxygens (including phenoxy) is 1. The molecule has 100 valence electrons. The van der Waals surface area contributed by atoms with Gasteiger partial charge >= 0.3 is 5.97 Å². The van der Waals surface area contributed by atoms with Crippen molar-refractivity contribution in [1.29, 1.82) is 0 Å². The van der Waals surface area contributed by atoms with Crippen LogP contribution >= 0.6 is 0 Å². The minimum atomic E-state index is -0.372. The van der Waals surface area contributed by atoms with Gasteiger partial charge in [-0.2, -0.15) is 0 Å². The van der Waals surface area contributed by atoms with Gasteiger partial charge in [0.05, 0.1) is 7.11 Å². The Morgan fingerprint density at radius 2 is 2.00 bits per heavy atom. The van der Waals surface area contributed by atoms with Crippen molar-refractivity contribution in [2.24, 2.45) is 0 Å². The molecule has 0 radical (unpaired) electrons. The number of esters is 1. The quantitative estimate of drug-likeness (QED) is 0.641. The van der Waals surface area contributed by atoms with Crippen LogP contribution in [0.15, 0.2) is 0 Å². The van der Waals surface area contributed by atoms with E-state index in [0.29, 0.717) is 13.0 Å². The predicted molar refractivity (Wildman–Crippen MR) is 66.6 cm³/mol. The first-order valence-corrected chi connectivity index (χ1v) is 6.13. The minimum absolute atomic E-state index is 0.00861. The molecule has 17 heavy (non-hydrogen) atoms. The molecule has 0 aromatic heterocycles. The summed E-state index contributed by atoms with van der Waals surface area (Å²) in [6, 6.07) is 0.129. The number of carbonyl (C=O) groups is 2. The highest BCUT2D eigenvalue weighted by molar-refractivity contribution is 5.82. The fourth-order valence-corrected chi connectivity index (χ4v) is 1.59. The molecule has 0 saturated carbocycles. The summed E-state index contributed by atoms with van der Waals surface area (Å²) in [6.45, 7) is 7.40. The van der Waals surface area contributed by atoms with Gasteiger partial charge in [0.2, 0.25) is 5.91 Å². The lowest BCUT2D eigenvalue weighted by atomic mass is 10.2. The Labute approximate surface area is 103 Å². The molecule has 0 aliphatic carbocycles. The van der Waals surface area contributed by atoms with E-state index in [1.165, 1.54) is 7.11 Å². The van der Waals surface area contributed by atoms with E-state index >= 15 is 0 Å². The molecule has 0 heterocycles. The Kier molecular flexibility index (Phi) is 8.40. The smallest absolute Gasteiger partial charge is 0.325 e. The van der Waals surface area contributed by atoms with Crippen molar-refractivity contribution in [2.75, 3.05) is 26.7 Å². The second-order valence-corrected chi connectivity index (χ2v) is 4.05. The topological polar surface area (TPSA) is 58.6 Å². The van der Waals surface area contributed by atoms with Crippen LogP contribution in [0, 0.1) is 0 Å². The van der Waals surface area contributed by atoms with Crippen LogP contribution in [0.3, 0.4) is 0 Å². The normalized spacial score (nSPS) is 12.0. The van der Waals surface area contributed by atoms with Gasteiger partial charge in [-0.15, -0.1) is 0 Å². The molecule has 5 nitrogen and oxygen atoms in total. The van der Waals surface area contributed by atoms with E-state index in [-0.39, 0.29) is 24.5 Å². The highest BCUT2D eigenvalue weighted by atomic mass is 16.5. The van der Waals surface area contributed by atoms with E-state index in [0.717, 1.165) is 13.0 Å². The Bertz CT molecular complexity index is 244. The van der Waals surface area contributed by atoms with E-state index in [2.05, 4.69) is 10.1 Å². The molecular formula is C12H24N2O3. The van der Waals surface area contributed by atoms with E-state index in [1.807, 2.05) is 20.8 Å². The van der Waals surface area contributed by atoms with Crippen LogP contribution in [0.2, 0.25) is 0 Å². The summed E-state index contributed by atoms with van der Waals surface area (Å²) in [7, 11) is 1.33. The van der Waals surface area contributed by atoms with Crippen molar-refractivity contribution in [2.45, 2.75) is 39.7 Å². The predicted octanol–water partition coefficient (Wildman–Crippen LogP) is 0.786. The Hall–Kier alpha value is -1.10. The lowest BCUT2D eigenvalue weighted by Crippen LogP contribution is -2.40. The van der Waals surface area contributed by atoms with Crippen molar-refractivity contribution in [3.8, 4) is 0 Å². The lowest BCUT2D eigenvalue weighted by molar-refractivity contribution is -0.147.